The lowest BCUT2D eigenvalue weighted by Crippen LogP contribution is -2.49. The molecule has 1 aliphatic heterocycles. The van der Waals surface area contributed by atoms with E-state index in [4.69, 9.17) is 14.2 Å². The standard InChI is InChI=1S/C29H36F2N2O4/c1-19(13-20-10-11-22(30)16-25(20)31)17-32(18-24-9-6-12-33(24)23-7-5-8-23)29(34)21-14-26(35-2)28(37-4)27(15-21)36-3/h10-11,13-16,23-24H,5-9,12,17-18H2,1-4H3/t24-/m1/s1. The molecule has 2 aliphatic rings. The predicted molar refractivity (Wildman–Crippen MR) is 139 cm³/mol. The minimum Gasteiger partial charge on any atom is -0.493 e. The number of benzene rings is 2. The molecule has 37 heavy (non-hydrogen) atoms. The van der Waals surface area contributed by atoms with Gasteiger partial charge in [-0.25, -0.2) is 8.78 Å². The average molecular weight is 515 g/mol. The SMILES string of the molecule is COc1cc(C(=O)N(CC(C)=Cc2ccc(F)cc2F)C[C@H]2CCCN2C2CCC2)cc(OC)c1OC. The number of nitrogens with zero attached hydrogens (tertiary/aromatic N) is 2. The summed E-state index contributed by atoms with van der Waals surface area (Å²) in [6.45, 7) is 3.78. The van der Waals surface area contributed by atoms with E-state index < -0.39 is 11.6 Å². The lowest BCUT2D eigenvalue weighted by Gasteiger charge is -2.40. The molecule has 1 saturated heterocycles. The van der Waals surface area contributed by atoms with E-state index in [1.165, 1.54) is 52.7 Å². The second-order valence-corrected chi connectivity index (χ2v) is 9.87. The van der Waals surface area contributed by atoms with Crippen LogP contribution >= 0.6 is 0 Å². The molecule has 1 aliphatic carbocycles. The van der Waals surface area contributed by atoms with Crippen LogP contribution in [0.2, 0.25) is 0 Å². The Morgan fingerprint density at radius 2 is 1.73 bits per heavy atom. The Balaban J connectivity index is 1.64. The quantitative estimate of drug-likeness (QED) is 0.416. The van der Waals surface area contributed by atoms with Crippen LogP contribution in [0.25, 0.3) is 6.08 Å². The molecule has 8 heteroatoms. The zero-order chi connectivity index (χ0) is 26.5. The summed E-state index contributed by atoms with van der Waals surface area (Å²) < 4.78 is 44.0. The first-order valence-electron chi connectivity index (χ1n) is 12.8. The number of hydrogen-bond donors (Lipinski definition) is 0. The molecule has 4 rings (SSSR count). The first kappa shape index (κ1) is 26.9. The molecular formula is C29H36F2N2O4. The lowest BCUT2D eigenvalue weighted by atomic mass is 9.91. The molecule has 1 atom stereocenters. The minimum atomic E-state index is -0.631. The van der Waals surface area contributed by atoms with Gasteiger partial charge in [-0.2, -0.15) is 0 Å². The third kappa shape index (κ3) is 6.06. The molecule has 1 heterocycles. The van der Waals surface area contributed by atoms with Gasteiger partial charge in [-0.3, -0.25) is 9.69 Å². The number of methoxy groups -OCH3 is 3. The van der Waals surface area contributed by atoms with Crippen LogP contribution < -0.4 is 14.2 Å². The van der Waals surface area contributed by atoms with Crippen molar-refractivity contribution in [3.8, 4) is 17.2 Å². The van der Waals surface area contributed by atoms with Crippen LogP contribution in [-0.2, 0) is 0 Å². The van der Waals surface area contributed by atoms with E-state index >= 15 is 0 Å². The molecule has 2 fully saturated rings. The molecule has 6 nitrogen and oxygen atoms in total. The largest absolute Gasteiger partial charge is 0.493 e. The van der Waals surface area contributed by atoms with E-state index in [2.05, 4.69) is 4.90 Å². The number of amides is 1. The van der Waals surface area contributed by atoms with Gasteiger partial charge in [0.2, 0.25) is 5.75 Å². The van der Waals surface area contributed by atoms with Crippen molar-refractivity contribution in [2.45, 2.75) is 51.1 Å². The van der Waals surface area contributed by atoms with Gasteiger partial charge in [0.05, 0.1) is 21.3 Å². The molecule has 0 radical (unpaired) electrons. The highest BCUT2D eigenvalue weighted by Crippen LogP contribution is 2.39. The van der Waals surface area contributed by atoms with Gasteiger partial charge in [-0.15, -0.1) is 0 Å². The summed E-state index contributed by atoms with van der Waals surface area (Å²) in [6.07, 6.45) is 7.49. The Labute approximate surface area is 217 Å². The van der Waals surface area contributed by atoms with Crippen LogP contribution in [0.1, 0.15) is 54.9 Å². The number of hydrogen-bond acceptors (Lipinski definition) is 5. The molecule has 0 N–H and O–H groups in total. The summed E-state index contributed by atoms with van der Waals surface area (Å²) in [5.74, 6) is -0.196. The first-order valence-corrected chi connectivity index (χ1v) is 12.8. The monoisotopic (exact) mass is 514 g/mol. The van der Waals surface area contributed by atoms with Crippen LogP contribution in [0.5, 0.6) is 17.2 Å². The van der Waals surface area contributed by atoms with Gasteiger partial charge >= 0.3 is 0 Å². The van der Waals surface area contributed by atoms with E-state index in [1.807, 2.05) is 11.8 Å². The number of carbonyl (C=O) groups is 1. The van der Waals surface area contributed by atoms with Gasteiger partial charge < -0.3 is 19.1 Å². The van der Waals surface area contributed by atoms with E-state index in [1.54, 1.807) is 18.2 Å². The maximum atomic E-state index is 14.3. The minimum absolute atomic E-state index is 0.174. The van der Waals surface area contributed by atoms with Crippen molar-refractivity contribution in [1.82, 2.24) is 9.80 Å². The Morgan fingerprint density at radius 1 is 1.03 bits per heavy atom. The molecule has 2 aromatic rings. The molecule has 2 aromatic carbocycles. The average Bonchev–Trinajstić information content (AvgIpc) is 3.30. The van der Waals surface area contributed by atoms with Crippen molar-refractivity contribution in [1.29, 1.82) is 0 Å². The highest BCUT2D eigenvalue weighted by Gasteiger charge is 2.35. The van der Waals surface area contributed by atoms with Crippen molar-refractivity contribution >= 4 is 12.0 Å². The third-order valence-corrected chi connectivity index (χ3v) is 7.40. The number of carbonyl (C=O) groups excluding carboxylic acids is 1. The Hall–Kier alpha value is -3.13. The first-order chi connectivity index (χ1) is 17.8. The Kier molecular flexibility index (Phi) is 8.69. The molecule has 1 saturated carbocycles. The zero-order valence-corrected chi connectivity index (χ0v) is 22.1. The molecule has 0 bridgehead atoms. The maximum Gasteiger partial charge on any atom is 0.254 e. The van der Waals surface area contributed by atoms with Gasteiger partial charge in [0.15, 0.2) is 11.5 Å². The lowest BCUT2D eigenvalue weighted by molar-refractivity contribution is 0.0630. The molecule has 0 aromatic heterocycles. The summed E-state index contributed by atoms with van der Waals surface area (Å²) in [7, 11) is 4.55. The van der Waals surface area contributed by atoms with Gasteiger partial charge in [0.1, 0.15) is 11.6 Å². The van der Waals surface area contributed by atoms with Crippen molar-refractivity contribution in [3.63, 3.8) is 0 Å². The number of ether oxygens (including phenoxy) is 3. The van der Waals surface area contributed by atoms with Gasteiger partial charge in [0, 0.05) is 42.4 Å². The second-order valence-electron chi connectivity index (χ2n) is 9.87. The normalized spacial score (nSPS) is 18.4. The van der Waals surface area contributed by atoms with E-state index in [9.17, 15) is 13.6 Å². The van der Waals surface area contributed by atoms with Gasteiger partial charge in [-0.05, 0) is 63.4 Å². The van der Waals surface area contributed by atoms with Gasteiger partial charge in [-0.1, -0.05) is 18.1 Å². The van der Waals surface area contributed by atoms with Crippen molar-refractivity contribution in [3.05, 3.63) is 58.7 Å². The van der Waals surface area contributed by atoms with E-state index in [-0.39, 0.29) is 17.5 Å². The van der Waals surface area contributed by atoms with Crippen LogP contribution in [0, 0.1) is 11.6 Å². The topological polar surface area (TPSA) is 51.2 Å². The van der Waals surface area contributed by atoms with Crippen LogP contribution in [0.3, 0.4) is 0 Å². The van der Waals surface area contributed by atoms with Crippen LogP contribution in [-0.4, -0.2) is 68.8 Å². The molecule has 0 spiro atoms. The maximum absolute atomic E-state index is 14.3. The van der Waals surface area contributed by atoms with Crippen molar-refractivity contribution in [2.75, 3.05) is 41.0 Å². The predicted octanol–water partition coefficient (Wildman–Crippen LogP) is 5.55. The molecular weight excluding hydrogens is 478 g/mol. The molecule has 0 unspecified atom stereocenters. The summed E-state index contributed by atoms with van der Waals surface area (Å²) in [4.78, 5) is 18.3. The fourth-order valence-corrected chi connectivity index (χ4v) is 5.34. The number of rotatable bonds is 10. The van der Waals surface area contributed by atoms with Crippen molar-refractivity contribution < 1.29 is 27.8 Å². The fourth-order valence-electron chi connectivity index (χ4n) is 5.34. The molecule has 1 amide bonds. The van der Waals surface area contributed by atoms with E-state index in [0.717, 1.165) is 31.0 Å². The summed E-state index contributed by atoms with van der Waals surface area (Å²) in [5.41, 5.74) is 1.50. The third-order valence-electron chi connectivity index (χ3n) is 7.40. The fraction of sp³-hybridized carbons (Fsp3) is 0.483. The van der Waals surface area contributed by atoms with Gasteiger partial charge in [0.25, 0.3) is 5.91 Å². The van der Waals surface area contributed by atoms with Crippen LogP contribution in [0.4, 0.5) is 8.78 Å². The number of halogens is 2. The Morgan fingerprint density at radius 3 is 2.30 bits per heavy atom. The summed E-state index contributed by atoms with van der Waals surface area (Å²) in [5, 5.41) is 0. The summed E-state index contributed by atoms with van der Waals surface area (Å²) >= 11 is 0. The second kappa shape index (κ2) is 11.9. The molecule has 200 valence electrons. The number of likely N-dealkylation sites (tertiary alicyclic amines) is 1. The van der Waals surface area contributed by atoms with E-state index in [0.29, 0.717) is 41.9 Å². The zero-order valence-electron chi connectivity index (χ0n) is 22.1. The Bertz CT molecular complexity index is 1120. The van der Waals surface area contributed by atoms with Crippen LogP contribution in [0.15, 0.2) is 35.9 Å². The summed E-state index contributed by atoms with van der Waals surface area (Å²) in [6, 6.07) is 7.70. The highest BCUT2D eigenvalue weighted by atomic mass is 19.1. The smallest absolute Gasteiger partial charge is 0.254 e. The highest BCUT2D eigenvalue weighted by molar-refractivity contribution is 5.96. The van der Waals surface area contributed by atoms with Crippen molar-refractivity contribution in [2.24, 2.45) is 0 Å².